The van der Waals surface area contributed by atoms with Crippen LogP contribution in [0.4, 0.5) is 11.4 Å². The number of aryl methyl sites for hydroxylation is 1. The number of pyridine rings is 1. The molecule has 5 rings (SSSR count). The number of nitrogens with one attached hydrogen (secondary N) is 1. The maximum absolute atomic E-state index is 13.1. The van der Waals surface area contributed by atoms with Gasteiger partial charge in [-0.2, -0.15) is 0 Å². The Morgan fingerprint density at radius 1 is 1.06 bits per heavy atom. The summed E-state index contributed by atoms with van der Waals surface area (Å²) in [6.45, 7) is 6.11. The number of piperazine rings is 1. The quantitative estimate of drug-likeness (QED) is 0.413. The van der Waals surface area contributed by atoms with Crippen LogP contribution in [0.3, 0.4) is 0 Å². The van der Waals surface area contributed by atoms with E-state index in [2.05, 4.69) is 57.7 Å². The van der Waals surface area contributed by atoms with Crippen LogP contribution < -0.4 is 10.2 Å². The van der Waals surface area contributed by atoms with Crippen LogP contribution in [0.15, 0.2) is 72.4 Å². The lowest BCUT2D eigenvalue weighted by molar-refractivity contribution is 0.102. The first-order valence-corrected chi connectivity index (χ1v) is 12.7. The van der Waals surface area contributed by atoms with Crippen molar-refractivity contribution in [2.45, 2.75) is 13.3 Å². The molecule has 3 heterocycles. The van der Waals surface area contributed by atoms with Crippen molar-refractivity contribution in [1.82, 2.24) is 14.9 Å². The molecule has 1 saturated heterocycles. The highest BCUT2D eigenvalue weighted by molar-refractivity contribution is 7.10. The fraction of sp³-hybridized carbons (Fsp3) is 0.250. The summed E-state index contributed by atoms with van der Waals surface area (Å²) in [5.74, 6) is -0.0936. The van der Waals surface area contributed by atoms with Gasteiger partial charge in [-0.1, -0.05) is 12.1 Å². The second-order valence-electron chi connectivity index (χ2n) is 8.98. The van der Waals surface area contributed by atoms with Gasteiger partial charge >= 0.3 is 0 Å². The number of amides is 1. The fourth-order valence-electron chi connectivity index (χ4n) is 4.25. The van der Waals surface area contributed by atoms with E-state index in [0.717, 1.165) is 65.8 Å². The number of hydrogen-bond donors (Lipinski definition) is 1. The van der Waals surface area contributed by atoms with Crippen LogP contribution >= 0.6 is 11.3 Å². The largest absolute Gasteiger partial charge is 0.369 e. The maximum atomic E-state index is 13.1. The van der Waals surface area contributed by atoms with Crippen LogP contribution in [0.5, 0.6) is 0 Å². The average Bonchev–Trinajstić information content (AvgIpc) is 3.36. The van der Waals surface area contributed by atoms with Crippen LogP contribution in [0, 0.1) is 6.92 Å². The van der Waals surface area contributed by atoms with Gasteiger partial charge in [-0.3, -0.25) is 9.78 Å². The smallest absolute Gasteiger partial charge is 0.255 e. The molecule has 0 spiro atoms. The Bertz CT molecular complexity index is 1310. The van der Waals surface area contributed by atoms with Crippen LogP contribution in [0.25, 0.3) is 11.3 Å². The molecule has 4 aromatic rings. The lowest BCUT2D eigenvalue weighted by Crippen LogP contribution is -2.44. The van der Waals surface area contributed by atoms with Crippen molar-refractivity contribution < 1.29 is 4.79 Å². The summed E-state index contributed by atoms with van der Waals surface area (Å²) >= 11 is 1.65. The van der Waals surface area contributed by atoms with Crippen molar-refractivity contribution in [3.63, 3.8) is 0 Å². The van der Waals surface area contributed by atoms with E-state index < -0.39 is 0 Å². The number of nitrogens with zero attached hydrogens (tertiary/aromatic N) is 4. The van der Waals surface area contributed by atoms with Gasteiger partial charge in [0.25, 0.3) is 5.91 Å². The lowest BCUT2D eigenvalue weighted by Gasteiger charge is -2.34. The Hall–Kier alpha value is -3.55. The van der Waals surface area contributed by atoms with Crippen molar-refractivity contribution in [2.75, 3.05) is 43.4 Å². The molecule has 0 aliphatic carbocycles. The van der Waals surface area contributed by atoms with Gasteiger partial charge in [0.1, 0.15) is 0 Å². The van der Waals surface area contributed by atoms with Crippen molar-refractivity contribution in [1.29, 1.82) is 0 Å². The maximum Gasteiger partial charge on any atom is 0.255 e. The Morgan fingerprint density at radius 2 is 1.91 bits per heavy atom. The monoisotopic (exact) mass is 483 g/mol. The molecule has 1 N–H and O–H groups in total. The molecule has 178 valence electrons. The van der Waals surface area contributed by atoms with Crippen LogP contribution in [-0.4, -0.2) is 54.0 Å². The molecule has 0 atom stereocenters. The minimum Gasteiger partial charge on any atom is -0.369 e. The predicted octanol–water partition coefficient (Wildman–Crippen LogP) is 5.11. The molecule has 0 unspecified atom stereocenters. The number of rotatable bonds is 6. The first-order valence-electron chi connectivity index (χ1n) is 11.8. The first kappa shape index (κ1) is 23.2. The number of thiazole rings is 1. The summed E-state index contributed by atoms with van der Waals surface area (Å²) in [5.41, 5.74) is 6.86. The number of hydrogen-bond acceptors (Lipinski definition) is 6. The highest BCUT2D eigenvalue weighted by Crippen LogP contribution is 2.25. The normalized spacial score (nSPS) is 14.2. The third kappa shape index (κ3) is 5.58. The molecule has 0 saturated carbocycles. The van der Waals surface area contributed by atoms with Gasteiger partial charge in [-0.25, -0.2) is 4.98 Å². The lowest BCUT2D eigenvalue weighted by atomic mass is 10.0. The minimum absolute atomic E-state index is 0.0936. The molecular formula is C28H29N5OS. The van der Waals surface area contributed by atoms with E-state index in [1.54, 1.807) is 17.5 Å². The fourth-order valence-corrected chi connectivity index (χ4v) is 5.08. The van der Waals surface area contributed by atoms with Gasteiger partial charge in [-0.15, -0.1) is 11.3 Å². The number of anilines is 2. The topological polar surface area (TPSA) is 61.4 Å². The van der Waals surface area contributed by atoms with E-state index >= 15 is 0 Å². The Labute approximate surface area is 210 Å². The molecule has 1 fully saturated rings. The molecule has 0 radical (unpaired) electrons. The second-order valence-corrected chi connectivity index (χ2v) is 9.92. The summed E-state index contributed by atoms with van der Waals surface area (Å²) in [6, 6.07) is 17.9. The summed E-state index contributed by atoms with van der Waals surface area (Å²) in [5, 5.41) is 6.20. The summed E-state index contributed by atoms with van der Waals surface area (Å²) in [7, 11) is 2.14. The molecule has 7 heteroatoms. The molecule has 2 aromatic heterocycles. The first-order chi connectivity index (χ1) is 17.0. The Kier molecular flexibility index (Phi) is 6.88. The molecule has 0 bridgehead atoms. The molecule has 2 aromatic carbocycles. The standard InChI is InChI=1S/C28H29N5OS/c1-20-8-9-24(15-23(20)17-27-31-26(19-35-27)22-6-4-10-29-18-22)30-28(34)21-5-3-7-25(16-21)33-13-11-32(2)12-14-33/h3-10,15-16,18-19H,11-14,17H2,1-2H3,(H,30,34). The van der Waals surface area contributed by atoms with E-state index in [9.17, 15) is 4.79 Å². The van der Waals surface area contributed by atoms with Gasteiger partial charge in [0.2, 0.25) is 0 Å². The van der Waals surface area contributed by atoms with E-state index in [0.29, 0.717) is 5.56 Å². The Balaban J connectivity index is 1.28. The molecule has 6 nitrogen and oxygen atoms in total. The van der Waals surface area contributed by atoms with Crippen molar-refractivity contribution in [3.05, 3.63) is 94.1 Å². The predicted molar refractivity (Wildman–Crippen MR) is 143 cm³/mol. The minimum atomic E-state index is -0.0936. The van der Waals surface area contributed by atoms with Gasteiger partial charge < -0.3 is 15.1 Å². The second kappa shape index (κ2) is 10.4. The zero-order chi connectivity index (χ0) is 24.2. The number of carbonyl (C=O) groups is 1. The van der Waals surface area contributed by atoms with Crippen LogP contribution in [0.2, 0.25) is 0 Å². The highest BCUT2D eigenvalue weighted by atomic mass is 32.1. The van der Waals surface area contributed by atoms with Gasteiger partial charge in [-0.05, 0) is 67.6 Å². The molecular weight excluding hydrogens is 454 g/mol. The average molecular weight is 484 g/mol. The van der Waals surface area contributed by atoms with Crippen LogP contribution in [-0.2, 0) is 6.42 Å². The number of aromatic nitrogens is 2. The SMILES string of the molecule is Cc1ccc(NC(=O)c2cccc(N3CCN(C)CC3)c2)cc1Cc1nc(-c2cccnc2)cs1. The summed E-state index contributed by atoms with van der Waals surface area (Å²) in [4.78, 5) is 26.7. The van der Waals surface area contributed by atoms with Gasteiger partial charge in [0.15, 0.2) is 0 Å². The molecule has 1 aliphatic rings. The third-order valence-electron chi connectivity index (χ3n) is 6.43. The molecule has 35 heavy (non-hydrogen) atoms. The number of likely N-dealkylation sites (N-methyl/N-ethyl adjacent to an activating group) is 1. The zero-order valence-corrected chi connectivity index (χ0v) is 20.9. The number of benzene rings is 2. The van der Waals surface area contributed by atoms with E-state index in [-0.39, 0.29) is 5.91 Å². The highest BCUT2D eigenvalue weighted by Gasteiger charge is 2.16. The van der Waals surface area contributed by atoms with E-state index in [1.807, 2.05) is 42.6 Å². The summed E-state index contributed by atoms with van der Waals surface area (Å²) < 4.78 is 0. The van der Waals surface area contributed by atoms with E-state index in [1.165, 1.54) is 5.56 Å². The van der Waals surface area contributed by atoms with Crippen LogP contribution in [0.1, 0.15) is 26.5 Å². The third-order valence-corrected chi connectivity index (χ3v) is 7.28. The van der Waals surface area contributed by atoms with Crippen molar-refractivity contribution in [2.24, 2.45) is 0 Å². The molecule has 1 amide bonds. The van der Waals surface area contributed by atoms with Gasteiger partial charge in [0, 0.05) is 72.9 Å². The van der Waals surface area contributed by atoms with Crippen molar-refractivity contribution in [3.8, 4) is 11.3 Å². The van der Waals surface area contributed by atoms with Gasteiger partial charge in [0.05, 0.1) is 10.7 Å². The van der Waals surface area contributed by atoms with Crippen molar-refractivity contribution >= 4 is 28.6 Å². The van der Waals surface area contributed by atoms with E-state index in [4.69, 9.17) is 4.98 Å². The number of carbonyl (C=O) groups excluding carboxylic acids is 1. The Morgan fingerprint density at radius 3 is 2.71 bits per heavy atom. The molecule has 1 aliphatic heterocycles. The zero-order valence-electron chi connectivity index (χ0n) is 20.1. The summed E-state index contributed by atoms with van der Waals surface area (Å²) in [6.07, 6.45) is 4.32.